The zero-order valence-electron chi connectivity index (χ0n) is 8.06. The molecule has 3 rings (SSSR count). The fraction of sp³-hybridized carbons (Fsp3) is 0.167. The molecule has 0 bridgehead atoms. The molecule has 0 saturated carbocycles. The van der Waals surface area contributed by atoms with Crippen LogP contribution in [0.25, 0.3) is 10.9 Å². The van der Waals surface area contributed by atoms with Gasteiger partial charge in [-0.05, 0) is 6.07 Å². The smallest absolute Gasteiger partial charge is 0.181 e. The predicted molar refractivity (Wildman–Crippen MR) is 56.3 cm³/mol. The van der Waals surface area contributed by atoms with Gasteiger partial charge >= 0.3 is 0 Å². The van der Waals surface area contributed by atoms with Crippen molar-refractivity contribution < 1.29 is 9.59 Å². The summed E-state index contributed by atoms with van der Waals surface area (Å²) >= 11 is 0. The van der Waals surface area contributed by atoms with Crippen LogP contribution in [-0.2, 0) is 6.54 Å². The molecule has 2 heterocycles. The Kier molecular flexibility index (Phi) is 1.57. The minimum atomic E-state index is 0.0771. The summed E-state index contributed by atoms with van der Waals surface area (Å²) in [6.45, 7) is 0.697. The molecule has 0 radical (unpaired) electrons. The van der Waals surface area contributed by atoms with Crippen molar-refractivity contribution in [1.82, 2.24) is 4.57 Å². The molecule has 0 aliphatic carbocycles. The Labute approximate surface area is 86.3 Å². The number of benzene rings is 1. The van der Waals surface area contributed by atoms with Gasteiger partial charge in [-0.2, -0.15) is 0 Å². The van der Waals surface area contributed by atoms with E-state index >= 15 is 0 Å². The van der Waals surface area contributed by atoms with E-state index in [1.807, 2.05) is 28.8 Å². The van der Waals surface area contributed by atoms with Crippen LogP contribution in [0.1, 0.15) is 27.3 Å². The Balaban J connectivity index is 2.52. The van der Waals surface area contributed by atoms with Gasteiger partial charge in [0.2, 0.25) is 0 Å². The SMILES string of the molecule is O=Cc1c2n(c3ccccc13)CCC2=O. The molecule has 2 aromatic rings. The third-order valence-corrected chi connectivity index (χ3v) is 2.95. The molecule has 0 fully saturated rings. The van der Waals surface area contributed by atoms with Crippen molar-refractivity contribution in [3.8, 4) is 0 Å². The van der Waals surface area contributed by atoms with Crippen molar-refractivity contribution in [2.45, 2.75) is 13.0 Å². The largest absolute Gasteiger partial charge is 0.337 e. The number of aldehydes is 1. The van der Waals surface area contributed by atoms with Crippen LogP contribution in [0.2, 0.25) is 0 Å². The lowest BCUT2D eigenvalue weighted by Gasteiger charge is -1.96. The van der Waals surface area contributed by atoms with Crippen molar-refractivity contribution in [3.63, 3.8) is 0 Å². The number of ketones is 1. The van der Waals surface area contributed by atoms with Gasteiger partial charge in [0.15, 0.2) is 12.1 Å². The van der Waals surface area contributed by atoms with E-state index in [-0.39, 0.29) is 5.78 Å². The number of carbonyl (C=O) groups is 2. The summed E-state index contributed by atoms with van der Waals surface area (Å²) < 4.78 is 1.95. The van der Waals surface area contributed by atoms with Gasteiger partial charge in [0.1, 0.15) is 0 Å². The summed E-state index contributed by atoms with van der Waals surface area (Å²) in [6.07, 6.45) is 1.30. The van der Waals surface area contributed by atoms with Crippen molar-refractivity contribution in [1.29, 1.82) is 0 Å². The molecule has 1 aliphatic rings. The molecule has 74 valence electrons. The van der Waals surface area contributed by atoms with Crippen LogP contribution in [0, 0.1) is 0 Å². The molecule has 0 unspecified atom stereocenters. The van der Waals surface area contributed by atoms with Crippen LogP contribution >= 0.6 is 0 Å². The van der Waals surface area contributed by atoms with Gasteiger partial charge in [-0.3, -0.25) is 9.59 Å². The summed E-state index contributed by atoms with van der Waals surface area (Å²) in [6, 6.07) is 7.64. The van der Waals surface area contributed by atoms with E-state index in [9.17, 15) is 9.59 Å². The third-order valence-electron chi connectivity index (χ3n) is 2.95. The Morgan fingerprint density at radius 3 is 2.87 bits per heavy atom. The quantitative estimate of drug-likeness (QED) is 0.659. The molecule has 3 heteroatoms. The molecular weight excluding hydrogens is 190 g/mol. The molecule has 0 N–H and O–H groups in total. The van der Waals surface area contributed by atoms with Crippen molar-refractivity contribution in [3.05, 3.63) is 35.5 Å². The van der Waals surface area contributed by atoms with Crippen molar-refractivity contribution in [2.24, 2.45) is 0 Å². The second kappa shape index (κ2) is 2.79. The maximum absolute atomic E-state index is 11.6. The highest BCUT2D eigenvalue weighted by molar-refractivity contribution is 6.12. The molecule has 0 saturated heterocycles. The molecule has 0 atom stereocenters. The number of aryl methyl sites for hydroxylation is 1. The van der Waals surface area contributed by atoms with E-state index in [0.29, 0.717) is 24.2 Å². The third kappa shape index (κ3) is 0.947. The Morgan fingerprint density at radius 1 is 1.27 bits per heavy atom. The first-order valence-electron chi connectivity index (χ1n) is 4.92. The highest BCUT2D eigenvalue weighted by atomic mass is 16.1. The number of fused-ring (bicyclic) bond motifs is 3. The highest BCUT2D eigenvalue weighted by Gasteiger charge is 2.26. The van der Waals surface area contributed by atoms with E-state index in [1.54, 1.807) is 0 Å². The summed E-state index contributed by atoms with van der Waals surface area (Å²) in [5, 5.41) is 0.885. The highest BCUT2D eigenvalue weighted by Crippen LogP contribution is 2.29. The molecule has 0 amide bonds. The average Bonchev–Trinajstić information content (AvgIpc) is 2.78. The lowest BCUT2D eigenvalue weighted by atomic mass is 10.1. The van der Waals surface area contributed by atoms with Gasteiger partial charge in [-0.1, -0.05) is 18.2 Å². The molecule has 15 heavy (non-hydrogen) atoms. The fourth-order valence-electron chi connectivity index (χ4n) is 2.31. The first kappa shape index (κ1) is 8.41. The molecule has 1 aromatic carbocycles. The van der Waals surface area contributed by atoms with E-state index in [2.05, 4.69) is 0 Å². The van der Waals surface area contributed by atoms with Crippen LogP contribution in [0.4, 0.5) is 0 Å². The number of hydrogen-bond acceptors (Lipinski definition) is 2. The maximum Gasteiger partial charge on any atom is 0.181 e. The van der Waals surface area contributed by atoms with Crippen molar-refractivity contribution in [2.75, 3.05) is 0 Å². The van der Waals surface area contributed by atoms with Crippen LogP contribution in [0.3, 0.4) is 0 Å². The minimum absolute atomic E-state index is 0.0771. The van der Waals surface area contributed by atoms with Crippen molar-refractivity contribution >= 4 is 23.0 Å². The number of aromatic nitrogens is 1. The van der Waals surface area contributed by atoms with Crippen LogP contribution < -0.4 is 0 Å². The van der Waals surface area contributed by atoms with Gasteiger partial charge in [-0.15, -0.1) is 0 Å². The number of nitrogens with zero attached hydrogens (tertiary/aromatic N) is 1. The monoisotopic (exact) mass is 199 g/mol. The summed E-state index contributed by atoms with van der Waals surface area (Å²) in [5.74, 6) is 0.0771. The maximum atomic E-state index is 11.6. The lowest BCUT2D eigenvalue weighted by Crippen LogP contribution is -1.96. The number of carbonyl (C=O) groups excluding carboxylic acids is 2. The zero-order valence-corrected chi connectivity index (χ0v) is 8.06. The van der Waals surface area contributed by atoms with E-state index < -0.39 is 0 Å². The summed E-state index contributed by atoms with van der Waals surface area (Å²) in [5.41, 5.74) is 2.12. The summed E-state index contributed by atoms with van der Waals surface area (Å²) in [4.78, 5) is 22.7. The molecule has 0 spiro atoms. The number of rotatable bonds is 1. The number of Topliss-reactive ketones (excluding diaryl/α,β-unsaturated/α-hetero) is 1. The Morgan fingerprint density at radius 2 is 2.07 bits per heavy atom. The minimum Gasteiger partial charge on any atom is -0.337 e. The zero-order chi connectivity index (χ0) is 10.4. The van der Waals surface area contributed by atoms with Crippen LogP contribution in [-0.4, -0.2) is 16.6 Å². The topological polar surface area (TPSA) is 39.1 Å². The average molecular weight is 199 g/mol. The van der Waals surface area contributed by atoms with Crippen LogP contribution in [0.15, 0.2) is 24.3 Å². The fourth-order valence-corrected chi connectivity index (χ4v) is 2.31. The second-order valence-corrected chi connectivity index (χ2v) is 3.72. The molecular formula is C12H9NO2. The Bertz CT molecular complexity index is 581. The van der Waals surface area contributed by atoms with Gasteiger partial charge in [0.05, 0.1) is 11.3 Å². The summed E-state index contributed by atoms with van der Waals surface area (Å²) in [7, 11) is 0. The molecule has 3 nitrogen and oxygen atoms in total. The molecule has 1 aliphatic heterocycles. The predicted octanol–water partition coefficient (Wildman–Crippen LogP) is 2.04. The van der Waals surface area contributed by atoms with E-state index in [0.717, 1.165) is 17.2 Å². The second-order valence-electron chi connectivity index (χ2n) is 3.72. The van der Waals surface area contributed by atoms with Gasteiger partial charge < -0.3 is 4.57 Å². The van der Waals surface area contributed by atoms with Gasteiger partial charge in [0, 0.05) is 23.9 Å². The molecule has 1 aromatic heterocycles. The standard InChI is InChI=1S/C12H9NO2/c14-7-9-8-3-1-2-4-10(8)13-6-5-11(15)12(9)13/h1-4,7H,5-6H2. The number of hydrogen-bond donors (Lipinski definition) is 0. The normalized spacial score (nSPS) is 14.5. The van der Waals surface area contributed by atoms with Gasteiger partial charge in [-0.25, -0.2) is 0 Å². The number of para-hydroxylation sites is 1. The van der Waals surface area contributed by atoms with Gasteiger partial charge in [0.25, 0.3) is 0 Å². The van der Waals surface area contributed by atoms with Crippen LogP contribution in [0.5, 0.6) is 0 Å². The van der Waals surface area contributed by atoms with E-state index in [4.69, 9.17) is 0 Å². The van der Waals surface area contributed by atoms with E-state index in [1.165, 1.54) is 0 Å². The Hall–Kier alpha value is -1.90. The first-order valence-corrected chi connectivity index (χ1v) is 4.92. The first-order chi connectivity index (χ1) is 7.33. The lowest BCUT2D eigenvalue weighted by molar-refractivity contribution is 0.0988.